The normalized spacial score (nSPS) is 16.9. The zero-order valence-corrected chi connectivity index (χ0v) is 21.5. The first-order valence-electron chi connectivity index (χ1n) is 11.9. The number of hydrogen-bond donors (Lipinski definition) is 0. The number of methoxy groups -OCH3 is 2. The molecule has 1 atom stereocenters. The molecule has 0 N–H and O–H groups in total. The van der Waals surface area contributed by atoms with Crippen molar-refractivity contribution in [3.05, 3.63) is 94.8 Å². The molecule has 2 heterocycles. The molecule has 0 fully saturated rings. The van der Waals surface area contributed by atoms with Crippen LogP contribution in [0.15, 0.2) is 60.0 Å². The maximum Gasteiger partial charge on any atom is 0.173 e. The number of aryl methyl sites for hydroxylation is 1. The number of ether oxygens (including phenoxy) is 2. The van der Waals surface area contributed by atoms with Crippen LogP contribution in [0.25, 0.3) is 5.69 Å². The molecule has 0 aliphatic heterocycles. The van der Waals surface area contributed by atoms with Gasteiger partial charge in [0.1, 0.15) is 17.5 Å². The van der Waals surface area contributed by atoms with Gasteiger partial charge in [-0.15, -0.1) is 0 Å². The van der Waals surface area contributed by atoms with Crippen LogP contribution in [0.2, 0.25) is 0 Å². The Balaban J connectivity index is 1.66. The second-order valence-electron chi connectivity index (χ2n) is 9.13. The third kappa shape index (κ3) is 4.56. The van der Waals surface area contributed by atoms with Gasteiger partial charge in [-0.25, -0.2) is 18.2 Å². The monoisotopic (exact) mass is 525 g/mol. The molecule has 0 radical (unpaired) electrons. The Hall–Kier alpha value is -3.46. The Kier molecular flexibility index (Phi) is 6.90. The van der Waals surface area contributed by atoms with Crippen LogP contribution in [0.1, 0.15) is 42.3 Å². The number of thioether (sulfide) groups is 1. The van der Waals surface area contributed by atoms with Crippen LogP contribution in [0.5, 0.6) is 11.5 Å². The Bertz CT molecular complexity index is 1420. The van der Waals surface area contributed by atoms with E-state index in [0.29, 0.717) is 16.7 Å². The lowest BCUT2D eigenvalue weighted by molar-refractivity contribution is 0.352. The minimum atomic E-state index is -0.702. The summed E-state index contributed by atoms with van der Waals surface area (Å²) in [5, 5.41) is 0.584. The lowest BCUT2D eigenvalue weighted by Crippen LogP contribution is -2.31. The van der Waals surface area contributed by atoms with Gasteiger partial charge < -0.3 is 9.47 Å². The van der Waals surface area contributed by atoms with Gasteiger partial charge in [0.25, 0.3) is 0 Å². The summed E-state index contributed by atoms with van der Waals surface area (Å²) in [4.78, 5) is 8.51. The summed E-state index contributed by atoms with van der Waals surface area (Å²) < 4.78 is 55.5. The molecule has 9 heteroatoms. The quantitative estimate of drug-likeness (QED) is 0.253. The fraction of sp³-hybridized carbons (Fsp3) is 0.286. The number of fused-ring (bicyclic) bond motifs is 1. The third-order valence-electron chi connectivity index (χ3n) is 6.94. The first-order valence-corrected chi connectivity index (χ1v) is 12.9. The number of hydrogen-bond acceptors (Lipinski definition) is 5. The van der Waals surface area contributed by atoms with Gasteiger partial charge in [-0.1, -0.05) is 17.8 Å². The summed E-state index contributed by atoms with van der Waals surface area (Å²) in [5.74, 6) is -0.463. The minimum Gasteiger partial charge on any atom is -0.493 e. The number of pyridine rings is 1. The van der Waals surface area contributed by atoms with Crippen LogP contribution >= 0.6 is 11.8 Å². The fourth-order valence-electron chi connectivity index (χ4n) is 5.01. The average molecular weight is 526 g/mol. The molecule has 1 aliphatic carbocycles. The molecule has 0 amide bonds. The van der Waals surface area contributed by atoms with Crippen LogP contribution in [-0.4, -0.2) is 28.8 Å². The van der Waals surface area contributed by atoms with E-state index in [0.717, 1.165) is 54.3 Å². The van der Waals surface area contributed by atoms with E-state index in [9.17, 15) is 13.2 Å². The maximum atomic E-state index is 14.3. The predicted octanol–water partition coefficient (Wildman–Crippen LogP) is 6.64. The second kappa shape index (κ2) is 10.1. The fourth-order valence-corrected chi connectivity index (χ4v) is 6.06. The number of nitrogens with zero attached hydrogens (tertiary/aromatic N) is 3. The van der Waals surface area contributed by atoms with Crippen molar-refractivity contribution < 1.29 is 22.6 Å². The number of aromatic nitrogens is 3. The highest BCUT2D eigenvalue weighted by atomic mass is 32.2. The van der Waals surface area contributed by atoms with Crippen LogP contribution in [-0.2, 0) is 17.6 Å². The Morgan fingerprint density at radius 2 is 1.68 bits per heavy atom. The van der Waals surface area contributed by atoms with Gasteiger partial charge in [0.15, 0.2) is 16.7 Å². The molecular weight excluding hydrogens is 499 g/mol. The van der Waals surface area contributed by atoms with E-state index < -0.39 is 17.0 Å². The van der Waals surface area contributed by atoms with Gasteiger partial charge in [0.2, 0.25) is 0 Å². The van der Waals surface area contributed by atoms with Gasteiger partial charge >= 0.3 is 0 Å². The van der Waals surface area contributed by atoms with Crippen molar-refractivity contribution in [2.45, 2.75) is 42.5 Å². The molecule has 192 valence electrons. The van der Waals surface area contributed by atoms with E-state index in [-0.39, 0.29) is 17.1 Å². The van der Waals surface area contributed by atoms with Gasteiger partial charge in [-0.2, -0.15) is 0 Å². The van der Waals surface area contributed by atoms with Gasteiger partial charge in [-0.05, 0) is 68.1 Å². The number of halogens is 3. The molecule has 2 aromatic carbocycles. The highest BCUT2D eigenvalue weighted by molar-refractivity contribution is 7.98. The van der Waals surface area contributed by atoms with Crippen molar-refractivity contribution >= 4 is 11.8 Å². The van der Waals surface area contributed by atoms with Gasteiger partial charge in [0, 0.05) is 22.4 Å². The van der Waals surface area contributed by atoms with E-state index in [1.165, 1.54) is 23.9 Å². The molecule has 0 spiro atoms. The van der Waals surface area contributed by atoms with E-state index in [4.69, 9.17) is 14.5 Å². The van der Waals surface area contributed by atoms with Crippen molar-refractivity contribution in [2.75, 3.05) is 14.2 Å². The lowest BCUT2D eigenvalue weighted by atomic mass is 9.71. The highest BCUT2D eigenvalue weighted by Crippen LogP contribution is 2.47. The molecule has 2 aromatic heterocycles. The van der Waals surface area contributed by atoms with E-state index in [1.807, 2.05) is 22.8 Å². The van der Waals surface area contributed by atoms with Crippen LogP contribution in [0, 0.1) is 17.5 Å². The molecule has 0 saturated heterocycles. The Morgan fingerprint density at radius 1 is 0.973 bits per heavy atom. The number of rotatable bonds is 7. The zero-order chi connectivity index (χ0) is 26.2. The third-order valence-corrected chi connectivity index (χ3v) is 7.90. The molecule has 1 aliphatic rings. The smallest absolute Gasteiger partial charge is 0.173 e. The van der Waals surface area contributed by atoms with Crippen molar-refractivity contribution in [1.29, 1.82) is 0 Å². The molecule has 0 bridgehead atoms. The molecule has 37 heavy (non-hydrogen) atoms. The Morgan fingerprint density at radius 3 is 2.35 bits per heavy atom. The standard InChI is InChI=1S/C28H26F3N3O2S/c1-28(17-6-11-24(35-2)25(13-17)36-3)12-4-5-23-26(28)34(19-9-7-18(29)8-10-19)27(33-23)37-16-20-21(30)14-32-15-22(20)31/h6-11,13-15H,4-5,12,16H2,1-3H3. The lowest BCUT2D eigenvalue weighted by Gasteiger charge is -2.36. The number of imidazole rings is 1. The first kappa shape index (κ1) is 25.2. The summed E-state index contributed by atoms with van der Waals surface area (Å²) in [6.07, 6.45) is 4.53. The SMILES string of the molecule is COc1ccc(C2(C)CCCc3nc(SCc4c(F)cncc4F)n(-c4ccc(F)cc4)c32)cc1OC. The second-order valence-corrected chi connectivity index (χ2v) is 10.1. The van der Waals surface area contributed by atoms with Gasteiger partial charge in [0.05, 0.1) is 38.0 Å². The van der Waals surface area contributed by atoms with Crippen molar-refractivity contribution in [2.24, 2.45) is 0 Å². The van der Waals surface area contributed by atoms with Crippen LogP contribution in [0.3, 0.4) is 0 Å². The summed E-state index contributed by atoms with van der Waals surface area (Å²) >= 11 is 1.24. The Labute approximate surface area is 217 Å². The van der Waals surface area contributed by atoms with Crippen LogP contribution in [0.4, 0.5) is 13.2 Å². The molecule has 5 nitrogen and oxygen atoms in total. The average Bonchev–Trinajstić information content (AvgIpc) is 3.28. The summed E-state index contributed by atoms with van der Waals surface area (Å²) in [5.41, 5.74) is 3.11. The highest BCUT2D eigenvalue weighted by Gasteiger charge is 2.40. The van der Waals surface area contributed by atoms with E-state index in [2.05, 4.69) is 11.9 Å². The maximum absolute atomic E-state index is 14.3. The zero-order valence-electron chi connectivity index (χ0n) is 20.7. The van der Waals surface area contributed by atoms with Crippen LogP contribution < -0.4 is 9.47 Å². The minimum absolute atomic E-state index is 0.0321. The molecule has 5 rings (SSSR count). The number of benzene rings is 2. The van der Waals surface area contributed by atoms with Crippen molar-refractivity contribution in [3.63, 3.8) is 0 Å². The molecular formula is C28H26F3N3O2S. The first-order chi connectivity index (χ1) is 17.9. The van der Waals surface area contributed by atoms with Crippen molar-refractivity contribution in [3.8, 4) is 17.2 Å². The topological polar surface area (TPSA) is 49.2 Å². The molecule has 0 saturated carbocycles. The van der Waals surface area contributed by atoms with E-state index in [1.54, 1.807) is 26.4 Å². The summed E-state index contributed by atoms with van der Waals surface area (Å²) in [7, 11) is 3.20. The summed E-state index contributed by atoms with van der Waals surface area (Å²) in [6, 6.07) is 12.1. The van der Waals surface area contributed by atoms with Gasteiger partial charge in [-0.3, -0.25) is 9.55 Å². The molecule has 4 aromatic rings. The summed E-state index contributed by atoms with van der Waals surface area (Å²) in [6.45, 7) is 2.16. The largest absolute Gasteiger partial charge is 0.493 e. The van der Waals surface area contributed by atoms with E-state index >= 15 is 0 Å². The molecule has 1 unspecified atom stereocenters. The predicted molar refractivity (Wildman–Crippen MR) is 136 cm³/mol. The van der Waals surface area contributed by atoms with Crippen molar-refractivity contribution in [1.82, 2.24) is 14.5 Å².